The van der Waals surface area contributed by atoms with Gasteiger partial charge in [0.15, 0.2) is 5.82 Å². The van der Waals surface area contributed by atoms with Crippen molar-refractivity contribution in [2.24, 2.45) is 5.92 Å². The minimum absolute atomic E-state index is 0.0316. The van der Waals surface area contributed by atoms with Gasteiger partial charge in [-0.2, -0.15) is 23.4 Å². The number of alkyl halides is 3. The highest BCUT2D eigenvalue weighted by atomic mass is 19.4. The van der Waals surface area contributed by atoms with E-state index in [4.69, 9.17) is 4.74 Å². The Morgan fingerprint density at radius 2 is 1.88 bits per heavy atom. The first-order chi connectivity index (χ1) is 15.8. The first-order valence-corrected chi connectivity index (χ1v) is 10.5. The van der Waals surface area contributed by atoms with Gasteiger partial charge in [0.05, 0.1) is 29.6 Å². The fourth-order valence-electron chi connectivity index (χ4n) is 4.64. The highest BCUT2D eigenvalue weighted by Gasteiger charge is 2.45. The van der Waals surface area contributed by atoms with Crippen LogP contribution in [0.3, 0.4) is 0 Å². The minimum Gasteiger partial charge on any atom is -0.472 e. The van der Waals surface area contributed by atoms with Crippen LogP contribution in [0.5, 0.6) is 5.88 Å². The Hall–Kier alpha value is -3.50. The lowest BCUT2D eigenvalue weighted by Crippen LogP contribution is -2.59. The van der Waals surface area contributed by atoms with Crippen LogP contribution in [-0.2, 0) is 6.18 Å². The van der Waals surface area contributed by atoms with Crippen molar-refractivity contribution in [1.29, 1.82) is 0 Å². The summed E-state index contributed by atoms with van der Waals surface area (Å²) in [5, 5.41) is 7.92. The van der Waals surface area contributed by atoms with Crippen molar-refractivity contribution in [1.82, 2.24) is 24.9 Å². The highest BCUT2D eigenvalue weighted by Crippen LogP contribution is 2.38. The zero-order valence-corrected chi connectivity index (χ0v) is 17.2. The van der Waals surface area contributed by atoms with Crippen LogP contribution in [0.4, 0.5) is 17.6 Å². The Balaban J connectivity index is 1.40. The molecule has 6 rings (SSSR count). The van der Waals surface area contributed by atoms with Crippen LogP contribution in [0.15, 0.2) is 48.9 Å². The van der Waals surface area contributed by atoms with E-state index in [0.717, 1.165) is 23.5 Å². The number of pyridine rings is 1. The summed E-state index contributed by atoms with van der Waals surface area (Å²) in [6.45, 7) is 0.492. The molecule has 4 heterocycles. The van der Waals surface area contributed by atoms with Gasteiger partial charge in [0.1, 0.15) is 11.8 Å². The smallest absolute Gasteiger partial charge is 0.417 e. The zero-order chi connectivity index (χ0) is 23.2. The van der Waals surface area contributed by atoms with Crippen LogP contribution >= 0.6 is 0 Å². The van der Waals surface area contributed by atoms with E-state index in [9.17, 15) is 22.4 Å². The molecule has 7 nitrogen and oxygen atoms in total. The molecule has 3 fully saturated rings. The predicted molar refractivity (Wildman–Crippen MR) is 107 cm³/mol. The number of aromatic nitrogens is 4. The standard InChI is InChI=1S/C22H19F4N5O2/c23-16-3-1-2-15(20(16)31-28-8-9-29-31)21(32)30-12-13-4-6-17(30)18(10-13)33-19-7-5-14(11-27-19)22(24,25)26/h1-3,5,7-9,11,13,17-18H,4,6,10,12H2/t13?,17-,18+/m0/s1. The van der Waals surface area contributed by atoms with Crippen LogP contribution < -0.4 is 4.74 Å². The topological polar surface area (TPSA) is 73.1 Å². The van der Waals surface area contributed by atoms with Crippen LogP contribution in [0.1, 0.15) is 35.2 Å². The Bertz CT molecular complexity index is 1150. The molecule has 3 atom stereocenters. The number of carbonyl (C=O) groups excluding carboxylic acids is 1. The number of nitrogens with zero attached hydrogens (tertiary/aromatic N) is 5. The largest absolute Gasteiger partial charge is 0.472 e. The molecule has 2 aromatic heterocycles. The molecule has 2 aliphatic heterocycles. The summed E-state index contributed by atoms with van der Waals surface area (Å²) in [6, 6.07) is 6.01. The molecular formula is C22H19F4N5O2. The number of halogens is 4. The summed E-state index contributed by atoms with van der Waals surface area (Å²) in [5.74, 6) is -0.760. The maximum absolute atomic E-state index is 14.6. The number of fused-ring (bicyclic) bond motifs is 3. The average Bonchev–Trinajstić information content (AvgIpc) is 3.33. The molecule has 3 aromatic rings. The third kappa shape index (κ3) is 4.03. The van der Waals surface area contributed by atoms with Gasteiger partial charge < -0.3 is 9.64 Å². The van der Waals surface area contributed by atoms with Gasteiger partial charge in [-0.25, -0.2) is 9.37 Å². The summed E-state index contributed by atoms with van der Waals surface area (Å²) in [5.41, 5.74) is -0.760. The average molecular weight is 461 g/mol. The van der Waals surface area contributed by atoms with Gasteiger partial charge in [0.2, 0.25) is 5.88 Å². The summed E-state index contributed by atoms with van der Waals surface area (Å²) < 4.78 is 59.0. The monoisotopic (exact) mass is 461 g/mol. The maximum atomic E-state index is 14.6. The number of rotatable bonds is 4. The molecule has 3 aliphatic rings. The maximum Gasteiger partial charge on any atom is 0.417 e. The third-order valence-electron chi connectivity index (χ3n) is 6.15. The van der Waals surface area contributed by atoms with Crippen molar-refractivity contribution >= 4 is 5.91 Å². The number of hydrogen-bond acceptors (Lipinski definition) is 5. The summed E-state index contributed by atoms with van der Waals surface area (Å²) in [4.78, 5) is 20.0. The second-order valence-electron chi connectivity index (χ2n) is 8.20. The van der Waals surface area contributed by atoms with Gasteiger partial charge in [-0.15, -0.1) is 4.80 Å². The SMILES string of the molecule is O=C(c1cccc(F)c1-n1nccn1)N1CC2CC[C@H]1[C@H](Oc1ccc(C(F)(F)F)cn1)C2. The van der Waals surface area contributed by atoms with Crippen LogP contribution in [0, 0.1) is 11.7 Å². The molecule has 2 bridgehead atoms. The molecule has 0 spiro atoms. The van der Waals surface area contributed by atoms with E-state index >= 15 is 0 Å². The molecule has 0 radical (unpaired) electrons. The number of piperidine rings is 2. The van der Waals surface area contributed by atoms with Crippen molar-refractivity contribution in [3.8, 4) is 11.6 Å². The van der Waals surface area contributed by atoms with Crippen LogP contribution in [0.2, 0.25) is 0 Å². The van der Waals surface area contributed by atoms with Gasteiger partial charge in [-0.1, -0.05) is 6.07 Å². The fraction of sp³-hybridized carbons (Fsp3) is 0.364. The Morgan fingerprint density at radius 3 is 2.55 bits per heavy atom. The summed E-state index contributed by atoms with van der Waals surface area (Å²) in [7, 11) is 0. The van der Waals surface area contributed by atoms with E-state index in [-0.39, 0.29) is 35.0 Å². The fourth-order valence-corrected chi connectivity index (χ4v) is 4.64. The molecule has 1 aromatic carbocycles. The van der Waals surface area contributed by atoms with Crippen molar-refractivity contribution < 1.29 is 27.1 Å². The molecule has 2 saturated heterocycles. The molecule has 11 heteroatoms. The molecule has 1 aliphatic carbocycles. The van der Waals surface area contributed by atoms with Crippen molar-refractivity contribution in [2.45, 2.75) is 37.6 Å². The highest BCUT2D eigenvalue weighted by molar-refractivity contribution is 5.98. The Kier molecular flexibility index (Phi) is 5.26. The van der Waals surface area contributed by atoms with Gasteiger partial charge >= 0.3 is 6.18 Å². The van der Waals surface area contributed by atoms with Gasteiger partial charge in [-0.3, -0.25) is 4.79 Å². The van der Waals surface area contributed by atoms with Crippen molar-refractivity contribution in [3.63, 3.8) is 0 Å². The molecule has 172 valence electrons. The normalized spacial score (nSPS) is 22.4. The molecule has 1 unspecified atom stereocenters. The van der Waals surface area contributed by atoms with E-state index in [2.05, 4.69) is 15.2 Å². The second kappa shape index (κ2) is 8.13. The molecule has 1 amide bonds. The van der Waals surface area contributed by atoms with Gasteiger partial charge in [-0.05, 0) is 43.4 Å². The van der Waals surface area contributed by atoms with Crippen molar-refractivity contribution in [2.75, 3.05) is 6.54 Å². The first kappa shape index (κ1) is 21.4. The lowest BCUT2D eigenvalue weighted by atomic mass is 9.77. The van der Waals surface area contributed by atoms with E-state index in [1.54, 1.807) is 4.90 Å². The number of hydrogen-bond donors (Lipinski definition) is 0. The van der Waals surface area contributed by atoms with Crippen molar-refractivity contribution in [3.05, 3.63) is 65.9 Å². The Labute approximate surface area is 186 Å². The lowest BCUT2D eigenvalue weighted by Gasteiger charge is -2.49. The van der Waals surface area contributed by atoms with Gasteiger partial charge in [0, 0.05) is 18.8 Å². The third-order valence-corrected chi connectivity index (χ3v) is 6.15. The van der Waals surface area contributed by atoms with E-state index in [0.29, 0.717) is 19.4 Å². The zero-order valence-electron chi connectivity index (χ0n) is 17.2. The van der Waals surface area contributed by atoms with Crippen LogP contribution in [-0.4, -0.2) is 49.5 Å². The number of amides is 1. The summed E-state index contributed by atoms with van der Waals surface area (Å²) >= 11 is 0. The molecular weight excluding hydrogens is 442 g/mol. The lowest BCUT2D eigenvalue weighted by molar-refractivity contribution is -0.137. The first-order valence-electron chi connectivity index (χ1n) is 10.5. The summed E-state index contributed by atoms with van der Waals surface area (Å²) in [6.07, 6.45) is 0.853. The number of carbonyl (C=O) groups is 1. The minimum atomic E-state index is -4.48. The molecule has 1 saturated carbocycles. The Morgan fingerprint density at radius 1 is 1.09 bits per heavy atom. The second-order valence-corrected chi connectivity index (χ2v) is 8.20. The van der Waals surface area contributed by atoms with Gasteiger partial charge in [0.25, 0.3) is 5.91 Å². The molecule has 0 N–H and O–H groups in total. The number of para-hydroxylation sites is 1. The van der Waals surface area contributed by atoms with E-state index in [1.807, 2.05) is 0 Å². The predicted octanol–water partition coefficient (Wildman–Crippen LogP) is 3.89. The molecule has 33 heavy (non-hydrogen) atoms. The quantitative estimate of drug-likeness (QED) is 0.552. The van der Waals surface area contributed by atoms with Crippen LogP contribution in [0.25, 0.3) is 5.69 Å². The van der Waals surface area contributed by atoms with E-state index < -0.39 is 23.7 Å². The van der Waals surface area contributed by atoms with E-state index in [1.165, 1.54) is 36.7 Å². The number of ether oxygens (including phenoxy) is 1. The number of benzene rings is 1.